The van der Waals surface area contributed by atoms with E-state index in [9.17, 15) is 8.42 Å². The fraction of sp³-hybridized carbons (Fsp3) is 0.786. The number of sulfonamides is 1. The number of hydrogen-bond donors (Lipinski definition) is 0. The zero-order valence-corrected chi connectivity index (χ0v) is 13.5. The van der Waals surface area contributed by atoms with Gasteiger partial charge in [0.25, 0.3) is 0 Å². The van der Waals surface area contributed by atoms with Crippen molar-refractivity contribution in [1.82, 2.24) is 13.9 Å². The first-order valence-electron chi connectivity index (χ1n) is 7.49. The first-order valence-corrected chi connectivity index (χ1v) is 9.10. The van der Waals surface area contributed by atoms with Gasteiger partial charge in [0, 0.05) is 37.4 Å². The molecule has 0 aromatic carbocycles. The van der Waals surface area contributed by atoms with Gasteiger partial charge < -0.3 is 4.57 Å². The van der Waals surface area contributed by atoms with Crippen LogP contribution in [0.4, 0.5) is 0 Å². The highest BCUT2D eigenvalue weighted by Crippen LogP contribution is 2.29. The smallest absolute Gasteiger partial charge is 0.214 e. The molecule has 1 aromatic heterocycles. The second kappa shape index (κ2) is 6.26. The van der Waals surface area contributed by atoms with E-state index >= 15 is 0 Å². The lowest BCUT2D eigenvalue weighted by atomic mass is 10.1. The minimum absolute atomic E-state index is 0.238. The molecule has 0 aliphatic carbocycles. The van der Waals surface area contributed by atoms with Crippen molar-refractivity contribution >= 4 is 10.0 Å². The summed E-state index contributed by atoms with van der Waals surface area (Å²) in [6.07, 6.45) is 4.51. The Bertz CT molecular complexity index is 551. The number of rotatable bonds is 6. The number of aromatic nitrogens is 2. The van der Waals surface area contributed by atoms with Gasteiger partial charge in [-0.25, -0.2) is 17.7 Å². The first-order chi connectivity index (χ1) is 9.49. The van der Waals surface area contributed by atoms with E-state index < -0.39 is 10.0 Å². The van der Waals surface area contributed by atoms with E-state index in [-0.39, 0.29) is 11.7 Å². The Kier molecular flexibility index (Phi) is 4.86. The molecule has 1 aliphatic heterocycles. The van der Waals surface area contributed by atoms with Crippen LogP contribution in [0.25, 0.3) is 0 Å². The summed E-state index contributed by atoms with van der Waals surface area (Å²) in [5.74, 6) is 1.54. The lowest BCUT2D eigenvalue weighted by Crippen LogP contribution is -2.30. The standard InChI is InChI=1S/C14H25N3O2S/c1-4-7-17-12(3)10-15-14(17)13-6-8-16(11-13)20(18,19)9-5-2/h10,13H,4-9,11H2,1-3H3. The molecular weight excluding hydrogens is 274 g/mol. The quantitative estimate of drug-likeness (QED) is 0.808. The normalized spacial score (nSPS) is 20.6. The van der Waals surface area contributed by atoms with Gasteiger partial charge in [0.15, 0.2) is 0 Å². The first kappa shape index (κ1) is 15.5. The van der Waals surface area contributed by atoms with E-state index in [0.29, 0.717) is 19.5 Å². The summed E-state index contributed by atoms with van der Waals surface area (Å²) in [4.78, 5) is 4.52. The third kappa shape index (κ3) is 3.06. The number of nitrogens with zero attached hydrogens (tertiary/aromatic N) is 3. The van der Waals surface area contributed by atoms with Gasteiger partial charge in [0.1, 0.15) is 5.82 Å². The molecule has 0 radical (unpaired) electrons. The fourth-order valence-electron chi connectivity index (χ4n) is 2.90. The second-order valence-electron chi connectivity index (χ2n) is 5.57. The van der Waals surface area contributed by atoms with E-state index in [0.717, 1.165) is 30.9 Å². The molecule has 1 aliphatic rings. The minimum Gasteiger partial charge on any atom is -0.332 e. The van der Waals surface area contributed by atoms with E-state index in [1.807, 2.05) is 13.1 Å². The molecule has 5 nitrogen and oxygen atoms in total. The van der Waals surface area contributed by atoms with Crippen molar-refractivity contribution in [1.29, 1.82) is 0 Å². The van der Waals surface area contributed by atoms with Crippen molar-refractivity contribution in [3.63, 3.8) is 0 Å². The summed E-state index contributed by atoms with van der Waals surface area (Å²) in [5.41, 5.74) is 1.16. The Hall–Kier alpha value is -0.880. The van der Waals surface area contributed by atoms with Gasteiger partial charge in [-0.3, -0.25) is 0 Å². The van der Waals surface area contributed by atoms with E-state index in [2.05, 4.69) is 23.4 Å². The number of hydrogen-bond acceptors (Lipinski definition) is 3. The van der Waals surface area contributed by atoms with Gasteiger partial charge in [-0.1, -0.05) is 13.8 Å². The van der Waals surface area contributed by atoms with E-state index in [4.69, 9.17) is 0 Å². The Labute approximate surface area is 122 Å². The summed E-state index contributed by atoms with van der Waals surface area (Å²) in [5, 5.41) is 0. The zero-order chi connectivity index (χ0) is 14.8. The van der Waals surface area contributed by atoms with Crippen molar-refractivity contribution in [2.45, 2.75) is 52.5 Å². The van der Waals surface area contributed by atoms with Gasteiger partial charge in [0.05, 0.1) is 5.75 Å². The van der Waals surface area contributed by atoms with Crippen LogP contribution in [0.3, 0.4) is 0 Å². The van der Waals surface area contributed by atoms with Crippen LogP contribution in [-0.4, -0.2) is 41.1 Å². The van der Waals surface area contributed by atoms with Gasteiger partial charge in [-0.2, -0.15) is 0 Å². The van der Waals surface area contributed by atoms with Crippen molar-refractivity contribution < 1.29 is 8.42 Å². The Morgan fingerprint density at radius 3 is 2.75 bits per heavy atom. The van der Waals surface area contributed by atoms with Gasteiger partial charge in [-0.05, 0) is 26.2 Å². The van der Waals surface area contributed by atoms with Crippen molar-refractivity contribution in [3.05, 3.63) is 17.7 Å². The second-order valence-corrected chi connectivity index (χ2v) is 7.66. The van der Waals surface area contributed by atoms with Crippen LogP contribution in [0.5, 0.6) is 0 Å². The number of aryl methyl sites for hydroxylation is 1. The van der Waals surface area contributed by atoms with Crippen molar-refractivity contribution in [3.8, 4) is 0 Å². The Balaban J connectivity index is 2.14. The molecule has 0 amide bonds. The molecule has 1 fully saturated rings. The van der Waals surface area contributed by atoms with Gasteiger partial charge >= 0.3 is 0 Å². The molecule has 0 bridgehead atoms. The summed E-state index contributed by atoms with van der Waals surface area (Å²) in [7, 11) is -3.07. The average molecular weight is 299 g/mol. The van der Waals surface area contributed by atoms with Crippen LogP contribution in [-0.2, 0) is 16.6 Å². The maximum atomic E-state index is 12.1. The minimum atomic E-state index is -3.07. The molecule has 114 valence electrons. The van der Waals surface area contributed by atoms with Crippen LogP contribution in [0.2, 0.25) is 0 Å². The van der Waals surface area contributed by atoms with Crippen molar-refractivity contribution in [2.75, 3.05) is 18.8 Å². The maximum Gasteiger partial charge on any atom is 0.214 e. The SMILES string of the molecule is CCCn1c(C)cnc1C1CCN(S(=O)(=O)CCC)C1. The molecule has 0 saturated carbocycles. The molecule has 1 saturated heterocycles. The Morgan fingerprint density at radius 2 is 2.10 bits per heavy atom. The maximum absolute atomic E-state index is 12.1. The Morgan fingerprint density at radius 1 is 1.35 bits per heavy atom. The zero-order valence-electron chi connectivity index (χ0n) is 12.7. The largest absolute Gasteiger partial charge is 0.332 e. The number of imidazole rings is 1. The molecule has 2 heterocycles. The topological polar surface area (TPSA) is 55.2 Å². The van der Waals surface area contributed by atoms with Gasteiger partial charge in [0.2, 0.25) is 10.0 Å². The molecular formula is C14H25N3O2S. The molecule has 0 spiro atoms. The van der Waals surface area contributed by atoms with Gasteiger partial charge in [-0.15, -0.1) is 0 Å². The highest BCUT2D eigenvalue weighted by molar-refractivity contribution is 7.89. The third-order valence-corrected chi connectivity index (χ3v) is 5.95. The van der Waals surface area contributed by atoms with Crippen LogP contribution in [0.1, 0.15) is 50.5 Å². The molecule has 1 unspecified atom stereocenters. The molecule has 6 heteroatoms. The van der Waals surface area contributed by atoms with Crippen LogP contribution >= 0.6 is 0 Å². The molecule has 1 atom stereocenters. The van der Waals surface area contributed by atoms with Crippen LogP contribution in [0, 0.1) is 6.92 Å². The fourth-order valence-corrected chi connectivity index (χ4v) is 4.46. The van der Waals surface area contributed by atoms with E-state index in [1.165, 1.54) is 0 Å². The molecule has 20 heavy (non-hydrogen) atoms. The highest BCUT2D eigenvalue weighted by atomic mass is 32.2. The monoisotopic (exact) mass is 299 g/mol. The van der Waals surface area contributed by atoms with Crippen LogP contribution < -0.4 is 0 Å². The molecule has 0 N–H and O–H groups in total. The third-order valence-electron chi connectivity index (χ3n) is 3.90. The highest BCUT2D eigenvalue weighted by Gasteiger charge is 2.33. The van der Waals surface area contributed by atoms with Crippen LogP contribution in [0.15, 0.2) is 6.20 Å². The summed E-state index contributed by atoms with van der Waals surface area (Å²) >= 11 is 0. The average Bonchev–Trinajstić information content (AvgIpc) is 2.98. The lowest BCUT2D eigenvalue weighted by Gasteiger charge is -2.17. The lowest BCUT2D eigenvalue weighted by molar-refractivity contribution is 0.467. The van der Waals surface area contributed by atoms with E-state index in [1.54, 1.807) is 4.31 Å². The predicted octanol–water partition coefficient (Wildman–Crippen LogP) is 2.13. The molecule has 1 aromatic rings. The summed E-state index contributed by atoms with van der Waals surface area (Å²) < 4.78 is 28.1. The molecule has 2 rings (SSSR count). The predicted molar refractivity (Wildman–Crippen MR) is 80.3 cm³/mol. The summed E-state index contributed by atoms with van der Waals surface area (Å²) in [6.45, 7) is 8.29. The van der Waals surface area contributed by atoms with Crippen molar-refractivity contribution in [2.24, 2.45) is 0 Å². The summed E-state index contributed by atoms with van der Waals surface area (Å²) in [6, 6.07) is 0.